The van der Waals surface area contributed by atoms with E-state index in [0.717, 1.165) is 24.0 Å². The fourth-order valence-corrected chi connectivity index (χ4v) is 3.27. The summed E-state index contributed by atoms with van der Waals surface area (Å²) in [7, 11) is 0. The molecule has 27 heavy (non-hydrogen) atoms. The van der Waals surface area contributed by atoms with Gasteiger partial charge in [0.25, 0.3) is 11.8 Å². The zero-order valence-electron chi connectivity index (χ0n) is 15.5. The first-order valence-corrected chi connectivity index (χ1v) is 9.24. The number of benzene rings is 1. The van der Waals surface area contributed by atoms with Crippen molar-refractivity contribution in [2.75, 3.05) is 13.1 Å². The van der Waals surface area contributed by atoms with Crippen LogP contribution in [-0.4, -0.2) is 49.0 Å². The van der Waals surface area contributed by atoms with Crippen LogP contribution >= 0.6 is 0 Å². The number of rotatable bonds is 4. The summed E-state index contributed by atoms with van der Waals surface area (Å²) < 4.78 is 7.06. The lowest BCUT2D eigenvalue weighted by Crippen LogP contribution is -2.39. The van der Waals surface area contributed by atoms with Crippen LogP contribution in [0.25, 0.3) is 11.6 Å². The van der Waals surface area contributed by atoms with Gasteiger partial charge < -0.3 is 9.42 Å². The minimum Gasteiger partial charge on any atom is -0.338 e. The van der Waals surface area contributed by atoms with Crippen molar-refractivity contribution in [2.45, 2.75) is 39.2 Å². The minimum atomic E-state index is 0.0886. The average Bonchev–Trinajstić information content (AvgIpc) is 3.37. The molecule has 140 valence electrons. The highest BCUT2D eigenvalue weighted by Gasteiger charge is 2.26. The van der Waals surface area contributed by atoms with E-state index in [1.54, 1.807) is 0 Å². The smallest absolute Gasteiger partial charge is 0.280 e. The molecule has 8 heteroatoms. The summed E-state index contributed by atoms with van der Waals surface area (Å²) in [6.45, 7) is 5.39. The van der Waals surface area contributed by atoms with E-state index in [0.29, 0.717) is 36.9 Å². The number of nitrogens with zero attached hydrogens (tertiary/aromatic N) is 6. The van der Waals surface area contributed by atoms with Gasteiger partial charge in [-0.25, -0.2) is 4.68 Å². The Morgan fingerprint density at radius 2 is 1.96 bits per heavy atom. The molecule has 0 atom stereocenters. The molecular weight excluding hydrogens is 344 g/mol. The van der Waals surface area contributed by atoms with Crippen LogP contribution in [0.5, 0.6) is 0 Å². The van der Waals surface area contributed by atoms with E-state index < -0.39 is 0 Å². The lowest BCUT2D eigenvalue weighted by Gasteiger charge is -2.31. The van der Waals surface area contributed by atoms with Crippen LogP contribution in [0.3, 0.4) is 0 Å². The van der Waals surface area contributed by atoms with E-state index in [4.69, 9.17) is 4.52 Å². The monoisotopic (exact) mass is 366 g/mol. The Bertz CT molecular complexity index is 922. The number of aryl methyl sites for hydroxylation is 2. The molecule has 3 heterocycles. The average molecular weight is 366 g/mol. The second kappa shape index (κ2) is 7.30. The number of amides is 1. The number of piperidine rings is 1. The van der Waals surface area contributed by atoms with Gasteiger partial charge in [-0.15, -0.1) is 5.10 Å². The molecule has 1 amide bonds. The van der Waals surface area contributed by atoms with Crippen molar-refractivity contribution in [2.24, 2.45) is 0 Å². The van der Waals surface area contributed by atoms with Gasteiger partial charge in [0.05, 0.1) is 12.2 Å². The van der Waals surface area contributed by atoms with Crippen molar-refractivity contribution < 1.29 is 9.32 Å². The Labute approximate surface area is 157 Å². The lowest BCUT2D eigenvalue weighted by molar-refractivity contribution is 0.0689. The molecule has 1 aliphatic rings. The number of carbonyl (C=O) groups is 1. The first kappa shape index (κ1) is 17.4. The van der Waals surface area contributed by atoms with Gasteiger partial charge in [0, 0.05) is 25.1 Å². The van der Waals surface area contributed by atoms with Crippen LogP contribution in [0.1, 0.15) is 47.6 Å². The molecule has 0 radical (unpaired) electrons. The molecule has 0 spiro atoms. The standard InChI is InChI=1S/C19H22N6O2/c1-3-17-20-18(27-22-17)16-12-25(23-21-16)15-8-10-24(11-9-15)19(26)14-6-4-13(2)5-7-14/h4-7,12,15H,3,8-11H2,1-2H3. The van der Waals surface area contributed by atoms with Gasteiger partial charge in [-0.2, -0.15) is 4.98 Å². The van der Waals surface area contributed by atoms with Crippen LogP contribution in [0.15, 0.2) is 35.0 Å². The highest BCUT2D eigenvalue weighted by atomic mass is 16.5. The number of likely N-dealkylation sites (tertiary alicyclic amines) is 1. The van der Waals surface area contributed by atoms with Gasteiger partial charge in [-0.3, -0.25) is 4.79 Å². The van der Waals surface area contributed by atoms with Crippen molar-refractivity contribution >= 4 is 5.91 Å². The highest BCUT2D eigenvalue weighted by molar-refractivity contribution is 5.94. The number of hydrogen-bond acceptors (Lipinski definition) is 6. The third-order valence-corrected chi connectivity index (χ3v) is 4.94. The molecule has 0 N–H and O–H groups in total. The first-order chi connectivity index (χ1) is 13.1. The van der Waals surface area contributed by atoms with Crippen LogP contribution in [0, 0.1) is 6.92 Å². The van der Waals surface area contributed by atoms with Crippen molar-refractivity contribution in [1.29, 1.82) is 0 Å². The van der Waals surface area contributed by atoms with Crippen LogP contribution in [-0.2, 0) is 6.42 Å². The third kappa shape index (κ3) is 3.60. The Morgan fingerprint density at radius 3 is 2.63 bits per heavy atom. The summed E-state index contributed by atoms with van der Waals surface area (Å²) in [5.74, 6) is 1.14. The molecule has 0 saturated carbocycles. The molecule has 1 fully saturated rings. The van der Waals surface area contributed by atoms with Gasteiger partial charge in [-0.05, 0) is 31.9 Å². The van der Waals surface area contributed by atoms with Crippen LogP contribution in [0.2, 0.25) is 0 Å². The van der Waals surface area contributed by atoms with Gasteiger partial charge >= 0.3 is 0 Å². The Hall–Kier alpha value is -3.03. The predicted octanol–water partition coefficient (Wildman–Crippen LogP) is 2.68. The quantitative estimate of drug-likeness (QED) is 0.705. The zero-order valence-corrected chi connectivity index (χ0v) is 15.5. The summed E-state index contributed by atoms with van der Waals surface area (Å²) in [6, 6.07) is 7.93. The molecule has 4 rings (SSSR count). The summed E-state index contributed by atoms with van der Waals surface area (Å²) in [5, 5.41) is 12.3. The largest absolute Gasteiger partial charge is 0.338 e. The van der Waals surface area contributed by atoms with E-state index in [2.05, 4.69) is 20.5 Å². The fraction of sp³-hybridized carbons (Fsp3) is 0.421. The van der Waals surface area contributed by atoms with Gasteiger partial charge in [0.15, 0.2) is 11.5 Å². The number of carbonyl (C=O) groups excluding carboxylic acids is 1. The Kier molecular flexibility index (Phi) is 4.70. The summed E-state index contributed by atoms with van der Waals surface area (Å²) >= 11 is 0. The summed E-state index contributed by atoms with van der Waals surface area (Å²) in [4.78, 5) is 18.8. The third-order valence-electron chi connectivity index (χ3n) is 4.94. The van der Waals surface area contributed by atoms with E-state index in [1.165, 1.54) is 0 Å². The lowest BCUT2D eigenvalue weighted by atomic mass is 10.0. The topological polar surface area (TPSA) is 89.9 Å². The van der Waals surface area contributed by atoms with Crippen LogP contribution in [0.4, 0.5) is 0 Å². The van der Waals surface area contributed by atoms with Gasteiger partial charge in [-0.1, -0.05) is 35.0 Å². The molecule has 1 aliphatic heterocycles. The molecule has 8 nitrogen and oxygen atoms in total. The predicted molar refractivity (Wildman–Crippen MR) is 98.0 cm³/mol. The fourth-order valence-electron chi connectivity index (χ4n) is 3.27. The SMILES string of the molecule is CCc1noc(-c2cn(C3CCN(C(=O)c4ccc(C)cc4)CC3)nn2)n1. The molecule has 0 unspecified atom stereocenters. The van der Waals surface area contributed by atoms with Gasteiger partial charge in [0.1, 0.15) is 0 Å². The zero-order chi connectivity index (χ0) is 18.8. The molecule has 0 aliphatic carbocycles. The van der Waals surface area contributed by atoms with E-state index >= 15 is 0 Å². The van der Waals surface area contributed by atoms with Crippen molar-refractivity contribution in [3.8, 4) is 11.6 Å². The molecular formula is C19H22N6O2. The Morgan fingerprint density at radius 1 is 1.22 bits per heavy atom. The second-order valence-corrected chi connectivity index (χ2v) is 6.84. The number of hydrogen-bond donors (Lipinski definition) is 0. The van der Waals surface area contributed by atoms with Crippen molar-refractivity contribution in [3.63, 3.8) is 0 Å². The maximum Gasteiger partial charge on any atom is 0.280 e. The normalized spacial score (nSPS) is 15.3. The highest BCUT2D eigenvalue weighted by Crippen LogP contribution is 2.24. The molecule has 1 aromatic carbocycles. The number of aromatic nitrogens is 5. The van der Waals surface area contributed by atoms with Crippen molar-refractivity contribution in [3.05, 3.63) is 47.4 Å². The minimum absolute atomic E-state index is 0.0886. The summed E-state index contributed by atoms with van der Waals surface area (Å²) in [6.07, 6.45) is 4.23. The Balaban J connectivity index is 1.39. The van der Waals surface area contributed by atoms with E-state index in [-0.39, 0.29) is 11.9 Å². The van der Waals surface area contributed by atoms with Gasteiger partial charge in [0.2, 0.25) is 0 Å². The van der Waals surface area contributed by atoms with Crippen molar-refractivity contribution in [1.82, 2.24) is 30.0 Å². The molecule has 1 saturated heterocycles. The first-order valence-electron chi connectivity index (χ1n) is 9.24. The maximum atomic E-state index is 12.6. The maximum absolute atomic E-state index is 12.6. The van der Waals surface area contributed by atoms with E-state index in [1.807, 2.05) is 53.9 Å². The van der Waals surface area contributed by atoms with E-state index in [9.17, 15) is 4.79 Å². The molecule has 0 bridgehead atoms. The molecule has 2 aromatic heterocycles. The van der Waals surface area contributed by atoms with Crippen LogP contribution < -0.4 is 0 Å². The molecule has 3 aromatic rings. The summed E-state index contributed by atoms with van der Waals surface area (Å²) in [5.41, 5.74) is 2.48. The second-order valence-electron chi connectivity index (χ2n) is 6.84.